The number of carbonyl (C=O) groups excluding carboxylic acids is 1. The predicted molar refractivity (Wildman–Crippen MR) is 68.0 cm³/mol. The first-order valence-electron chi connectivity index (χ1n) is 6.49. The summed E-state index contributed by atoms with van der Waals surface area (Å²) >= 11 is 0. The van der Waals surface area contributed by atoms with Gasteiger partial charge in [0.05, 0.1) is 18.3 Å². The van der Waals surface area contributed by atoms with Crippen molar-refractivity contribution in [3.8, 4) is 0 Å². The molecule has 1 aliphatic rings. The maximum atomic E-state index is 12.1. The Morgan fingerprint density at radius 2 is 2.17 bits per heavy atom. The number of amides is 1. The lowest BCUT2D eigenvalue weighted by Crippen LogP contribution is -2.35. The van der Waals surface area contributed by atoms with E-state index in [2.05, 4.69) is 0 Å². The zero-order valence-corrected chi connectivity index (χ0v) is 11.1. The van der Waals surface area contributed by atoms with Crippen LogP contribution in [0.3, 0.4) is 0 Å². The summed E-state index contributed by atoms with van der Waals surface area (Å²) < 4.78 is 5.21. The molecular formula is C14H21NO3. The molecule has 0 spiro atoms. The van der Waals surface area contributed by atoms with E-state index in [1.807, 2.05) is 13.0 Å². The lowest BCUT2D eigenvalue weighted by atomic mass is 9.97. The molecule has 0 saturated heterocycles. The standard InChI is InChI=1S/C14H21NO3/c1-11-12(5-8-18-11)10-15(2)13(16)9-14(17)6-3-4-7-14/h5,8,17H,3-4,6-7,9-10H2,1-2H3. The number of carbonyl (C=O) groups is 1. The summed E-state index contributed by atoms with van der Waals surface area (Å²) in [6.07, 6.45) is 5.41. The van der Waals surface area contributed by atoms with E-state index < -0.39 is 5.60 Å². The maximum Gasteiger partial charge on any atom is 0.225 e. The molecule has 0 aliphatic heterocycles. The van der Waals surface area contributed by atoms with Crippen molar-refractivity contribution in [2.24, 2.45) is 0 Å². The summed E-state index contributed by atoms with van der Waals surface area (Å²) in [6.45, 7) is 2.43. The molecule has 1 heterocycles. The van der Waals surface area contributed by atoms with Crippen molar-refractivity contribution in [2.75, 3.05) is 7.05 Å². The minimum Gasteiger partial charge on any atom is -0.469 e. The zero-order chi connectivity index (χ0) is 13.2. The van der Waals surface area contributed by atoms with E-state index in [1.165, 1.54) is 0 Å². The second-order valence-electron chi connectivity index (χ2n) is 5.36. The summed E-state index contributed by atoms with van der Waals surface area (Å²) in [6, 6.07) is 1.88. The molecule has 2 rings (SSSR count). The Bertz CT molecular complexity index is 418. The van der Waals surface area contributed by atoms with Crippen LogP contribution in [0.2, 0.25) is 0 Å². The molecule has 1 saturated carbocycles. The van der Waals surface area contributed by atoms with Crippen molar-refractivity contribution in [1.82, 2.24) is 4.90 Å². The maximum absolute atomic E-state index is 12.1. The first kappa shape index (κ1) is 13.1. The number of hydrogen-bond acceptors (Lipinski definition) is 3. The highest BCUT2D eigenvalue weighted by Crippen LogP contribution is 2.32. The molecule has 1 aromatic rings. The molecule has 1 aromatic heterocycles. The van der Waals surface area contributed by atoms with Crippen LogP contribution in [0, 0.1) is 6.92 Å². The van der Waals surface area contributed by atoms with E-state index in [4.69, 9.17) is 4.42 Å². The van der Waals surface area contributed by atoms with Crippen LogP contribution in [0.5, 0.6) is 0 Å². The second kappa shape index (κ2) is 5.14. The Morgan fingerprint density at radius 1 is 1.50 bits per heavy atom. The highest BCUT2D eigenvalue weighted by atomic mass is 16.3. The number of furan rings is 1. The Kier molecular flexibility index (Phi) is 3.76. The molecule has 0 aromatic carbocycles. The monoisotopic (exact) mass is 251 g/mol. The van der Waals surface area contributed by atoms with Gasteiger partial charge in [0.25, 0.3) is 0 Å². The van der Waals surface area contributed by atoms with Crippen LogP contribution in [0.1, 0.15) is 43.4 Å². The van der Waals surface area contributed by atoms with Gasteiger partial charge >= 0.3 is 0 Å². The van der Waals surface area contributed by atoms with E-state index in [0.29, 0.717) is 6.54 Å². The molecule has 1 amide bonds. The summed E-state index contributed by atoms with van der Waals surface area (Å²) in [7, 11) is 1.77. The average Bonchev–Trinajstić information content (AvgIpc) is 2.89. The van der Waals surface area contributed by atoms with E-state index in [1.54, 1.807) is 18.2 Å². The van der Waals surface area contributed by atoms with Crippen LogP contribution in [-0.4, -0.2) is 28.6 Å². The van der Waals surface area contributed by atoms with Crippen LogP contribution in [0.4, 0.5) is 0 Å². The van der Waals surface area contributed by atoms with Gasteiger partial charge < -0.3 is 14.4 Å². The molecule has 1 N–H and O–H groups in total. The van der Waals surface area contributed by atoms with Crippen LogP contribution < -0.4 is 0 Å². The molecule has 0 bridgehead atoms. The van der Waals surface area contributed by atoms with E-state index in [0.717, 1.165) is 37.0 Å². The van der Waals surface area contributed by atoms with E-state index in [-0.39, 0.29) is 12.3 Å². The van der Waals surface area contributed by atoms with Gasteiger partial charge in [-0.15, -0.1) is 0 Å². The smallest absolute Gasteiger partial charge is 0.225 e. The highest BCUT2D eigenvalue weighted by Gasteiger charge is 2.34. The van der Waals surface area contributed by atoms with Gasteiger partial charge in [0.15, 0.2) is 0 Å². The molecule has 0 radical (unpaired) electrons. The molecule has 0 unspecified atom stereocenters. The van der Waals surface area contributed by atoms with Gasteiger partial charge in [-0.25, -0.2) is 0 Å². The van der Waals surface area contributed by atoms with Crippen LogP contribution in [0.15, 0.2) is 16.7 Å². The normalized spacial score (nSPS) is 17.9. The van der Waals surface area contributed by atoms with E-state index >= 15 is 0 Å². The Labute approximate surface area is 108 Å². The van der Waals surface area contributed by atoms with Gasteiger partial charge in [-0.1, -0.05) is 12.8 Å². The topological polar surface area (TPSA) is 53.7 Å². The molecule has 4 heteroatoms. The summed E-state index contributed by atoms with van der Waals surface area (Å²) in [5.41, 5.74) is 0.251. The summed E-state index contributed by atoms with van der Waals surface area (Å²) in [5.74, 6) is 0.842. The fourth-order valence-electron chi connectivity index (χ4n) is 2.55. The summed E-state index contributed by atoms with van der Waals surface area (Å²) in [4.78, 5) is 13.7. The second-order valence-corrected chi connectivity index (χ2v) is 5.36. The van der Waals surface area contributed by atoms with Crippen molar-refractivity contribution >= 4 is 5.91 Å². The van der Waals surface area contributed by atoms with Crippen LogP contribution in [-0.2, 0) is 11.3 Å². The van der Waals surface area contributed by atoms with E-state index in [9.17, 15) is 9.90 Å². The van der Waals surface area contributed by atoms with Gasteiger partial charge in [-0.2, -0.15) is 0 Å². The van der Waals surface area contributed by atoms with Crippen LogP contribution in [0.25, 0.3) is 0 Å². The van der Waals surface area contributed by atoms with Gasteiger partial charge in [0.2, 0.25) is 5.91 Å². The predicted octanol–water partition coefficient (Wildman–Crippen LogP) is 2.24. The van der Waals surface area contributed by atoms with Gasteiger partial charge in [0, 0.05) is 19.2 Å². The Hall–Kier alpha value is -1.29. The van der Waals surface area contributed by atoms with Gasteiger partial charge in [-0.05, 0) is 25.8 Å². The quantitative estimate of drug-likeness (QED) is 0.893. The average molecular weight is 251 g/mol. The third-order valence-corrected chi connectivity index (χ3v) is 3.81. The Morgan fingerprint density at radius 3 is 2.72 bits per heavy atom. The molecule has 100 valence electrons. The summed E-state index contributed by atoms with van der Waals surface area (Å²) in [5, 5.41) is 10.2. The number of hydrogen-bond donors (Lipinski definition) is 1. The molecule has 18 heavy (non-hydrogen) atoms. The van der Waals surface area contributed by atoms with Crippen molar-refractivity contribution in [2.45, 2.75) is 51.2 Å². The molecule has 1 aliphatic carbocycles. The molecule has 0 atom stereocenters. The fraction of sp³-hybridized carbons (Fsp3) is 0.643. The van der Waals surface area contributed by atoms with Crippen molar-refractivity contribution in [3.63, 3.8) is 0 Å². The first-order valence-corrected chi connectivity index (χ1v) is 6.49. The largest absolute Gasteiger partial charge is 0.469 e. The van der Waals surface area contributed by atoms with Crippen molar-refractivity contribution in [1.29, 1.82) is 0 Å². The Balaban J connectivity index is 1.91. The number of aliphatic hydroxyl groups is 1. The zero-order valence-electron chi connectivity index (χ0n) is 11.1. The molecular weight excluding hydrogens is 230 g/mol. The van der Waals surface area contributed by atoms with Gasteiger partial charge in [0.1, 0.15) is 5.76 Å². The number of nitrogens with zero attached hydrogens (tertiary/aromatic N) is 1. The number of rotatable bonds is 4. The highest BCUT2D eigenvalue weighted by molar-refractivity contribution is 5.77. The molecule has 1 fully saturated rings. The van der Waals surface area contributed by atoms with Crippen LogP contribution >= 0.6 is 0 Å². The SMILES string of the molecule is Cc1occc1CN(C)C(=O)CC1(O)CCCC1. The van der Waals surface area contributed by atoms with Crippen molar-refractivity contribution < 1.29 is 14.3 Å². The third kappa shape index (κ3) is 2.93. The lowest BCUT2D eigenvalue weighted by molar-refractivity contribution is -0.135. The minimum atomic E-state index is -0.767. The fourth-order valence-corrected chi connectivity index (χ4v) is 2.55. The molecule has 4 nitrogen and oxygen atoms in total. The van der Waals surface area contributed by atoms with Crippen molar-refractivity contribution in [3.05, 3.63) is 23.7 Å². The lowest BCUT2D eigenvalue weighted by Gasteiger charge is -2.25. The number of aryl methyl sites for hydroxylation is 1. The van der Waals surface area contributed by atoms with Gasteiger partial charge in [-0.3, -0.25) is 4.79 Å². The first-order chi connectivity index (χ1) is 8.50. The minimum absolute atomic E-state index is 0.000000000000000222. The third-order valence-electron chi connectivity index (χ3n) is 3.81.